The Balaban J connectivity index is 1.44. The maximum atomic E-state index is 13.4. The van der Waals surface area contributed by atoms with Crippen LogP contribution in [0.5, 0.6) is 0 Å². The summed E-state index contributed by atoms with van der Waals surface area (Å²) >= 11 is 5.99. The van der Waals surface area contributed by atoms with Gasteiger partial charge in [0.05, 0.1) is 5.56 Å². The third kappa shape index (κ3) is 7.67. The van der Waals surface area contributed by atoms with Crippen molar-refractivity contribution in [2.45, 2.75) is 57.7 Å². The summed E-state index contributed by atoms with van der Waals surface area (Å²) < 4.78 is 41.6. The predicted octanol–water partition coefficient (Wildman–Crippen LogP) is 7.23. The summed E-state index contributed by atoms with van der Waals surface area (Å²) in [5.74, 6) is -0.681. The molecule has 0 radical (unpaired) electrons. The van der Waals surface area contributed by atoms with Gasteiger partial charge in [-0.1, -0.05) is 41.9 Å². The van der Waals surface area contributed by atoms with Crippen molar-refractivity contribution in [3.05, 3.63) is 93.6 Å². The lowest BCUT2D eigenvalue weighted by atomic mass is 9.77. The van der Waals surface area contributed by atoms with Crippen molar-refractivity contribution in [2.24, 2.45) is 5.92 Å². The molecule has 3 N–H and O–H groups in total. The van der Waals surface area contributed by atoms with Gasteiger partial charge >= 0.3 is 12.1 Å². The molecule has 0 bridgehead atoms. The van der Waals surface area contributed by atoms with Crippen LogP contribution < -0.4 is 10.8 Å². The quantitative estimate of drug-likeness (QED) is 0.243. The van der Waals surface area contributed by atoms with Crippen molar-refractivity contribution in [3.8, 4) is 11.1 Å². The Morgan fingerprint density at radius 3 is 2.34 bits per heavy atom. The molecule has 0 atom stereocenters. The lowest BCUT2D eigenvalue weighted by Gasteiger charge is -2.28. The Labute approximate surface area is 241 Å². The number of benzene rings is 2. The molecule has 0 saturated heterocycles. The van der Waals surface area contributed by atoms with Crippen LogP contribution >= 0.6 is 11.6 Å². The van der Waals surface area contributed by atoms with Gasteiger partial charge in [0.1, 0.15) is 5.49 Å². The van der Waals surface area contributed by atoms with Crippen LogP contribution in [0.4, 0.5) is 13.2 Å². The first-order chi connectivity index (χ1) is 19.4. The Bertz CT molecular complexity index is 1510. The second kappa shape index (κ2) is 12.8. The van der Waals surface area contributed by atoms with E-state index in [0.717, 1.165) is 42.9 Å². The van der Waals surface area contributed by atoms with Crippen molar-refractivity contribution in [2.75, 3.05) is 0 Å². The van der Waals surface area contributed by atoms with E-state index >= 15 is 0 Å². The second-order valence-electron chi connectivity index (χ2n) is 10.4. The molecular weight excluding hydrogens is 555 g/mol. The van der Waals surface area contributed by atoms with Gasteiger partial charge in [0, 0.05) is 41.5 Å². The number of rotatable bonds is 8. The molecule has 1 fully saturated rings. The van der Waals surface area contributed by atoms with Crippen LogP contribution in [0.1, 0.15) is 61.6 Å². The minimum atomic E-state index is -4.61. The van der Waals surface area contributed by atoms with Gasteiger partial charge in [0.2, 0.25) is 5.91 Å². The van der Waals surface area contributed by atoms with Crippen LogP contribution in [0.15, 0.2) is 66.4 Å². The molecule has 10 heteroatoms. The third-order valence-corrected chi connectivity index (χ3v) is 7.90. The van der Waals surface area contributed by atoms with Crippen molar-refractivity contribution in [1.82, 2.24) is 9.88 Å². The molecule has 216 valence electrons. The number of aromatic nitrogens is 1. The standard InChI is InChI=1S/C31H31ClF3N3O3/c1-19(30(41)37-16-25-26(31(33,34)35)3-2-4-27(25)32)17-38-18-24(13-14-28(38)36)23-11-9-22(10-12-23)21-7-5-20(6-8-21)15-29(39)40/h2-4,9-14,17-18,20-21,36H,5-8,15-16H2,1H3,(H,37,41)(H,39,40)/b19-17+,36-28?/t20-,21-. The number of carbonyl (C=O) groups excluding carboxylic acids is 1. The van der Waals surface area contributed by atoms with Gasteiger partial charge in [-0.3, -0.25) is 15.0 Å². The molecule has 1 aliphatic carbocycles. The number of nitrogens with one attached hydrogen (secondary N) is 2. The predicted molar refractivity (Wildman–Crippen MR) is 151 cm³/mol. The number of pyridine rings is 1. The molecule has 3 aromatic rings. The summed E-state index contributed by atoms with van der Waals surface area (Å²) in [6, 6.07) is 15.1. The first-order valence-corrected chi connectivity index (χ1v) is 13.7. The summed E-state index contributed by atoms with van der Waals surface area (Å²) in [7, 11) is 0. The SMILES string of the molecule is C/C(=C\n1cc(-c2ccc([C@H]3CC[C@H](CC(=O)O)CC3)cc2)ccc1=N)C(=O)NCc1c(Cl)cccc1C(F)(F)F. The maximum absolute atomic E-state index is 13.4. The van der Waals surface area contributed by atoms with Gasteiger partial charge in [-0.15, -0.1) is 0 Å². The van der Waals surface area contributed by atoms with E-state index in [-0.39, 0.29) is 34.0 Å². The summed E-state index contributed by atoms with van der Waals surface area (Å²) in [6.07, 6.45) is 2.55. The molecule has 0 spiro atoms. The monoisotopic (exact) mass is 585 g/mol. The van der Waals surface area contributed by atoms with E-state index in [1.807, 2.05) is 18.2 Å². The molecule has 6 nitrogen and oxygen atoms in total. The molecule has 2 aromatic carbocycles. The van der Waals surface area contributed by atoms with Gasteiger partial charge in [-0.05, 0) is 85.4 Å². The summed E-state index contributed by atoms with van der Waals surface area (Å²) in [5, 5.41) is 19.7. The largest absolute Gasteiger partial charge is 0.481 e. The van der Waals surface area contributed by atoms with Crippen LogP contribution in [-0.4, -0.2) is 21.6 Å². The lowest BCUT2D eigenvalue weighted by molar-refractivity contribution is -0.139. The van der Waals surface area contributed by atoms with Crippen molar-refractivity contribution in [3.63, 3.8) is 0 Å². The van der Waals surface area contributed by atoms with E-state index < -0.39 is 30.2 Å². The number of nitrogens with zero attached hydrogens (tertiary/aromatic N) is 1. The maximum Gasteiger partial charge on any atom is 0.416 e. The highest BCUT2D eigenvalue weighted by atomic mass is 35.5. The number of aliphatic carboxylic acids is 1. The molecule has 1 heterocycles. The number of carboxylic acids is 1. The summed E-state index contributed by atoms with van der Waals surface area (Å²) in [4.78, 5) is 23.7. The van der Waals surface area contributed by atoms with Crippen molar-refractivity contribution < 1.29 is 27.9 Å². The number of alkyl halides is 3. The van der Waals surface area contributed by atoms with E-state index in [2.05, 4.69) is 17.4 Å². The van der Waals surface area contributed by atoms with E-state index in [0.29, 0.717) is 5.92 Å². The highest BCUT2D eigenvalue weighted by molar-refractivity contribution is 6.31. The molecule has 1 saturated carbocycles. The van der Waals surface area contributed by atoms with Gasteiger partial charge in [-0.2, -0.15) is 13.2 Å². The van der Waals surface area contributed by atoms with Gasteiger partial charge < -0.3 is 15.0 Å². The highest BCUT2D eigenvalue weighted by Gasteiger charge is 2.34. The zero-order valence-corrected chi connectivity index (χ0v) is 23.2. The van der Waals surface area contributed by atoms with E-state index in [9.17, 15) is 22.8 Å². The third-order valence-electron chi connectivity index (χ3n) is 7.54. The fraction of sp³-hybridized carbons (Fsp3) is 0.323. The molecule has 1 aromatic heterocycles. The molecule has 1 aliphatic rings. The van der Waals surface area contributed by atoms with E-state index in [1.54, 1.807) is 12.3 Å². The first-order valence-electron chi connectivity index (χ1n) is 13.3. The Kier molecular flexibility index (Phi) is 9.38. The molecule has 1 amide bonds. The van der Waals surface area contributed by atoms with Crippen LogP contribution in [-0.2, 0) is 22.3 Å². The fourth-order valence-corrected chi connectivity index (χ4v) is 5.51. The molecular formula is C31H31ClF3N3O3. The van der Waals surface area contributed by atoms with Crippen LogP contribution in [0.3, 0.4) is 0 Å². The Morgan fingerprint density at radius 2 is 1.71 bits per heavy atom. The first kappa shape index (κ1) is 30.1. The van der Waals surface area contributed by atoms with Crippen LogP contribution in [0.25, 0.3) is 17.3 Å². The number of hydrogen-bond acceptors (Lipinski definition) is 3. The minimum Gasteiger partial charge on any atom is -0.481 e. The van der Waals surface area contributed by atoms with E-state index in [1.165, 1.54) is 35.4 Å². The molecule has 4 rings (SSSR count). The molecule has 0 aliphatic heterocycles. The second-order valence-corrected chi connectivity index (χ2v) is 10.8. The number of carbonyl (C=O) groups is 2. The number of halogens is 4. The Hall–Kier alpha value is -3.85. The normalized spacial score (nSPS) is 17.7. The van der Waals surface area contributed by atoms with Crippen molar-refractivity contribution in [1.29, 1.82) is 5.41 Å². The van der Waals surface area contributed by atoms with E-state index in [4.69, 9.17) is 22.1 Å². The van der Waals surface area contributed by atoms with Crippen LogP contribution in [0, 0.1) is 11.3 Å². The Morgan fingerprint density at radius 1 is 1.05 bits per heavy atom. The number of hydrogen-bond donors (Lipinski definition) is 3. The smallest absolute Gasteiger partial charge is 0.416 e. The average molecular weight is 586 g/mol. The summed E-state index contributed by atoms with van der Waals surface area (Å²) in [5.41, 5.74) is 2.18. The van der Waals surface area contributed by atoms with Crippen LogP contribution in [0.2, 0.25) is 5.02 Å². The minimum absolute atomic E-state index is 0.0887. The lowest BCUT2D eigenvalue weighted by Crippen LogP contribution is -2.26. The zero-order chi connectivity index (χ0) is 29.7. The zero-order valence-electron chi connectivity index (χ0n) is 22.5. The van der Waals surface area contributed by atoms with Gasteiger partial charge in [0.15, 0.2) is 0 Å². The van der Waals surface area contributed by atoms with Gasteiger partial charge in [0.25, 0.3) is 0 Å². The fourth-order valence-electron chi connectivity index (χ4n) is 5.27. The molecule has 0 unspecified atom stereocenters. The highest BCUT2D eigenvalue weighted by Crippen LogP contribution is 2.38. The molecule has 41 heavy (non-hydrogen) atoms. The topological polar surface area (TPSA) is 95.2 Å². The summed E-state index contributed by atoms with van der Waals surface area (Å²) in [6.45, 7) is 1.12. The average Bonchev–Trinajstić information content (AvgIpc) is 2.93. The van der Waals surface area contributed by atoms with Gasteiger partial charge in [-0.25, -0.2) is 0 Å². The number of amides is 1. The number of carboxylic acid groups (broad SMARTS) is 1. The van der Waals surface area contributed by atoms with Crippen molar-refractivity contribution >= 4 is 29.7 Å².